The Hall–Kier alpha value is -5.52. The number of nitrogens with one attached hydrogen (secondary N) is 1. The molecule has 6 aromatic rings. The smallest absolute Gasteiger partial charge is 0.271 e. The lowest BCUT2D eigenvalue weighted by Crippen LogP contribution is -2.27. The predicted octanol–water partition coefficient (Wildman–Crippen LogP) is 4.06. The molecule has 0 fully saturated rings. The van der Waals surface area contributed by atoms with E-state index in [0.717, 1.165) is 22.2 Å². The van der Waals surface area contributed by atoms with Gasteiger partial charge in [0, 0.05) is 54.5 Å². The van der Waals surface area contributed by atoms with Crippen LogP contribution >= 0.6 is 0 Å². The maximum absolute atomic E-state index is 13.3. The average molecular weight is 520 g/mol. The van der Waals surface area contributed by atoms with Gasteiger partial charge in [0.1, 0.15) is 11.7 Å². The van der Waals surface area contributed by atoms with Gasteiger partial charge in [0.25, 0.3) is 11.2 Å². The lowest BCUT2D eigenvalue weighted by Gasteiger charge is -2.23. The number of hydrogen-bond donors (Lipinski definition) is 1. The summed E-state index contributed by atoms with van der Waals surface area (Å²) in [6.45, 7) is 1.99. The highest BCUT2D eigenvalue weighted by Crippen LogP contribution is 2.34. The van der Waals surface area contributed by atoms with Gasteiger partial charge in [-0.25, -0.2) is 9.36 Å². The van der Waals surface area contributed by atoms with Gasteiger partial charge in [-0.2, -0.15) is 0 Å². The number of nitro groups is 1. The van der Waals surface area contributed by atoms with E-state index in [1.54, 1.807) is 43.1 Å². The van der Waals surface area contributed by atoms with Crippen LogP contribution in [0.2, 0.25) is 0 Å². The average Bonchev–Trinajstić information content (AvgIpc) is 3.61. The van der Waals surface area contributed by atoms with Crippen LogP contribution in [0.25, 0.3) is 28.0 Å². The van der Waals surface area contributed by atoms with Crippen LogP contribution in [0.3, 0.4) is 0 Å². The van der Waals surface area contributed by atoms with Gasteiger partial charge >= 0.3 is 0 Å². The molecule has 2 aromatic carbocycles. The minimum Gasteiger partial charge on any atom is -0.294 e. The number of rotatable bonds is 7. The van der Waals surface area contributed by atoms with Crippen molar-refractivity contribution in [3.05, 3.63) is 123 Å². The standard InChI is InChI=1S/C27H21N9O3/c1-17(19-5-6-22-24(13-19)30-12-11-29-22)27(35-26(37)15-23(32-35)18-7-9-28-10-8-18)25-16-34(33-31-25)20-3-2-4-21(14-20)36(38)39/h2-17,27,32H,1H3. The fourth-order valence-corrected chi connectivity index (χ4v) is 4.64. The van der Waals surface area contributed by atoms with Crippen LogP contribution in [0.5, 0.6) is 0 Å². The fraction of sp³-hybridized carbons (Fsp3) is 0.111. The van der Waals surface area contributed by atoms with Crippen molar-refractivity contribution < 1.29 is 4.92 Å². The van der Waals surface area contributed by atoms with E-state index >= 15 is 0 Å². The molecule has 6 rings (SSSR count). The minimum atomic E-state index is -0.588. The molecule has 0 radical (unpaired) electrons. The van der Waals surface area contributed by atoms with Crippen LogP contribution in [0.1, 0.15) is 30.1 Å². The van der Waals surface area contributed by atoms with E-state index in [1.807, 2.05) is 37.3 Å². The summed E-state index contributed by atoms with van der Waals surface area (Å²) in [5.41, 5.74) is 4.53. The van der Waals surface area contributed by atoms with Gasteiger partial charge in [-0.15, -0.1) is 5.10 Å². The van der Waals surface area contributed by atoms with Crippen molar-refractivity contribution >= 4 is 16.7 Å². The van der Waals surface area contributed by atoms with Crippen molar-refractivity contribution in [3.8, 4) is 16.9 Å². The first-order valence-corrected chi connectivity index (χ1v) is 12.1. The van der Waals surface area contributed by atoms with Crippen molar-refractivity contribution in [3.63, 3.8) is 0 Å². The Bertz CT molecular complexity index is 1860. The zero-order chi connectivity index (χ0) is 26.9. The van der Waals surface area contributed by atoms with Crippen molar-refractivity contribution in [2.75, 3.05) is 0 Å². The van der Waals surface area contributed by atoms with E-state index in [2.05, 4.69) is 30.4 Å². The number of aromatic amines is 1. The monoisotopic (exact) mass is 519 g/mol. The van der Waals surface area contributed by atoms with Crippen LogP contribution < -0.4 is 5.56 Å². The van der Waals surface area contributed by atoms with Crippen LogP contribution in [-0.4, -0.2) is 44.6 Å². The zero-order valence-electron chi connectivity index (χ0n) is 20.6. The first kappa shape index (κ1) is 23.9. The van der Waals surface area contributed by atoms with Crippen LogP contribution in [0, 0.1) is 10.1 Å². The number of aromatic nitrogens is 8. The Morgan fingerprint density at radius 1 is 0.949 bits per heavy atom. The van der Waals surface area contributed by atoms with Crippen LogP contribution in [0.4, 0.5) is 5.69 Å². The third-order valence-corrected chi connectivity index (χ3v) is 6.63. The molecule has 0 bridgehead atoms. The summed E-state index contributed by atoms with van der Waals surface area (Å²) in [5.74, 6) is -0.256. The lowest BCUT2D eigenvalue weighted by molar-refractivity contribution is -0.384. The molecule has 0 aliphatic heterocycles. The van der Waals surface area contributed by atoms with Crippen molar-refractivity contribution in [1.82, 2.24) is 39.7 Å². The number of benzene rings is 2. The first-order chi connectivity index (χ1) is 19.0. The Morgan fingerprint density at radius 3 is 2.54 bits per heavy atom. The first-order valence-electron chi connectivity index (χ1n) is 12.1. The highest BCUT2D eigenvalue weighted by molar-refractivity contribution is 5.74. The molecule has 12 heteroatoms. The van der Waals surface area contributed by atoms with Gasteiger partial charge in [-0.05, 0) is 35.9 Å². The Morgan fingerprint density at radius 2 is 1.74 bits per heavy atom. The van der Waals surface area contributed by atoms with Crippen LogP contribution in [-0.2, 0) is 0 Å². The Balaban J connectivity index is 1.47. The third kappa shape index (κ3) is 4.55. The molecule has 4 heterocycles. The van der Waals surface area contributed by atoms with Crippen molar-refractivity contribution in [1.29, 1.82) is 0 Å². The molecule has 12 nitrogen and oxygen atoms in total. The largest absolute Gasteiger partial charge is 0.294 e. The highest BCUT2D eigenvalue weighted by Gasteiger charge is 2.29. The predicted molar refractivity (Wildman–Crippen MR) is 142 cm³/mol. The molecule has 0 aliphatic carbocycles. The highest BCUT2D eigenvalue weighted by atomic mass is 16.6. The molecule has 0 spiro atoms. The molecule has 0 saturated carbocycles. The maximum Gasteiger partial charge on any atom is 0.271 e. The second-order valence-electron chi connectivity index (χ2n) is 9.02. The maximum atomic E-state index is 13.3. The number of H-pyrrole nitrogens is 1. The topological polar surface area (TPSA) is 150 Å². The number of nitro benzene ring substituents is 1. The molecular formula is C27H21N9O3. The number of pyridine rings is 1. The quantitative estimate of drug-likeness (QED) is 0.245. The molecule has 4 aromatic heterocycles. The van der Waals surface area contributed by atoms with Gasteiger partial charge in [-0.1, -0.05) is 24.3 Å². The molecule has 0 saturated heterocycles. The molecule has 1 N–H and O–H groups in total. The van der Waals surface area contributed by atoms with E-state index in [4.69, 9.17) is 0 Å². The van der Waals surface area contributed by atoms with Crippen molar-refractivity contribution in [2.24, 2.45) is 0 Å². The number of nitrogens with zero attached hydrogens (tertiary/aromatic N) is 8. The minimum absolute atomic E-state index is 0.0608. The Labute approximate surface area is 220 Å². The molecule has 192 valence electrons. The SMILES string of the molecule is CC(c1ccc2nccnc2c1)C(c1cn(-c2cccc([N+](=O)[O-])c2)nn1)n1[nH]c(-c2ccncc2)cc1=O. The van der Waals surface area contributed by atoms with Gasteiger partial charge in [0.15, 0.2) is 0 Å². The van der Waals surface area contributed by atoms with Gasteiger partial charge in [0.2, 0.25) is 0 Å². The number of hydrogen-bond acceptors (Lipinski definition) is 8. The van der Waals surface area contributed by atoms with E-state index in [9.17, 15) is 14.9 Å². The van der Waals surface area contributed by atoms with Crippen molar-refractivity contribution in [2.45, 2.75) is 18.9 Å². The molecule has 2 atom stereocenters. The summed E-state index contributed by atoms with van der Waals surface area (Å²) < 4.78 is 2.99. The zero-order valence-corrected chi connectivity index (χ0v) is 20.6. The molecule has 39 heavy (non-hydrogen) atoms. The lowest BCUT2D eigenvalue weighted by atomic mass is 9.91. The fourth-order valence-electron chi connectivity index (χ4n) is 4.64. The van der Waals surface area contributed by atoms with Gasteiger partial charge in [0.05, 0.1) is 33.5 Å². The van der Waals surface area contributed by atoms with E-state index in [-0.39, 0.29) is 17.2 Å². The molecule has 0 aliphatic rings. The summed E-state index contributed by atoms with van der Waals surface area (Å²) >= 11 is 0. The Kier molecular flexibility index (Phi) is 5.96. The van der Waals surface area contributed by atoms with Gasteiger partial charge in [-0.3, -0.25) is 35.0 Å². The molecule has 2 unspecified atom stereocenters. The second kappa shape index (κ2) is 9.74. The summed E-state index contributed by atoms with van der Waals surface area (Å²) in [4.78, 5) is 37.0. The summed E-state index contributed by atoms with van der Waals surface area (Å²) in [5, 5.41) is 23.2. The van der Waals surface area contributed by atoms with Crippen LogP contribution in [0.15, 0.2) is 96.4 Å². The normalized spacial score (nSPS) is 12.8. The van der Waals surface area contributed by atoms with E-state index in [1.165, 1.54) is 27.6 Å². The number of non-ortho nitro benzene ring substituents is 1. The van der Waals surface area contributed by atoms with E-state index in [0.29, 0.717) is 17.1 Å². The van der Waals surface area contributed by atoms with E-state index < -0.39 is 11.0 Å². The summed E-state index contributed by atoms with van der Waals surface area (Å²) in [7, 11) is 0. The number of fused-ring (bicyclic) bond motifs is 1. The van der Waals surface area contributed by atoms with Gasteiger partial charge < -0.3 is 0 Å². The second-order valence-corrected chi connectivity index (χ2v) is 9.02. The summed E-state index contributed by atoms with van der Waals surface area (Å²) in [6, 6.07) is 16.5. The summed E-state index contributed by atoms with van der Waals surface area (Å²) in [6.07, 6.45) is 8.27. The molecular weight excluding hydrogens is 498 g/mol. The molecule has 0 amide bonds. The third-order valence-electron chi connectivity index (χ3n) is 6.63.